The molecule has 0 fully saturated rings. The number of aromatic amines is 1. The molecule has 0 aliphatic heterocycles. The van der Waals surface area contributed by atoms with Crippen LogP contribution in [0.3, 0.4) is 0 Å². The van der Waals surface area contributed by atoms with Crippen molar-refractivity contribution in [3.8, 4) is 0 Å². The molecule has 0 aromatic carbocycles. The monoisotopic (exact) mass is 252 g/mol. The van der Waals surface area contributed by atoms with Crippen LogP contribution in [-0.2, 0) is 6.42 Å². The molecule has 0 aliphatic carbocycles. The predicted molar refractivity (Wildman–Crippen MR) is 43.8 cm³/mol. The third-order valence-electron chi connectivity index (χ3n) is 1.01. The first-order valence-electron chi connectivity index (χ1n) is 2.58. The van der Waals surface area contributed by atoms with Gasteiger partial charge >= 0.3 is 0 Å². The van der Waals surface area contributed by atoms with Crippen molar-refractivity contribution < 1.29 is 0 Å². The highest BCUT2D eigenvalue weighted by Gasteiger charge is 1.98. The van der Waals surface area contributed by atoms with Gasteiger partial charge in [-0.25, -0.2) is 0 Å². The Morgan fingerprint density at radius 1 is 1.67 bits per heavy atom. The lowest BCUT2D eigenvalue weighted by molar-refractivity contribution is 0.982. The first-order chi connectivity index (χ1) is 4.34. The highest BCUT2D eigenvalue weighted by atomic mass is 79.9. The van der Waals surface area contributed by atoms with Crippen molar-refractivity contribution in [1.29, 1.82) is 0 Å². The molecule has 0 unspecified atom stereocenters. The molecular formula is C5H6Br2N2. The minimum absolute atomic E-state index is 0.966. The molecule has 1 rings (SSSR count). The summed E-state index contributed by atoms with van der Waals surface area (Å²) in [6.45, 7) is 0. The number of alkyl halides is 1. The zero-order valence-electron chi connectivity index (χ0n) is 4.69. The lowest BCUT2D eigenvalue weighted by Gasteiger charge is -1.89. The van der Waals surface area contributed by atoms with Crippen molar-refractivity contribution in [1.82, 2.24) is 10.2 Å². The van der Waals surface area contributed by atoms with Crippen LogP contribution in [0.2, 0.25) is 0 Å². The maximum Gasteiger partial charge on any atom is 0.0632 e. The molecule has 2 nitrogen and oxygen atoms in total. The average molecular weight is 254 g/mol. The molecule has 4 heteroatoms. The van der Waals surface area contributed by atoms with E-state index in [4.69, 9.17) is 0 Å². The zero-order chi connectivity index (χ0) is 6.69. The molecule has 50 valence electrons. The summed E-state index contributed by atoms with van der Waals surface area (Å²) in [7, 11) is 0. The number of hydrogen-bond acceptors (Lipinski definition) is 1. The highest BCUT2D eigenvalue weighted by molar-refractivity contribution is 9.10. The van der Waals surface area contributed by atoms with E-state index in [9.17, 15) is 0 Å². The molecule has 0 bridgehead atoms. The van der Waals surface area contributed by atoms with Crippen LogP contribution in [0.15, 0.2) is 10.7 Å². The van der Waals surface area contributed by atoms with Gasteiger partial charge in [-0.2, -0.15) is 5.10 Å². The van der Waals surface area contributed by atoms with E-state index in [1.54, 1.807) is 6.20 Å². The summed E-state index contributed by atoms with van der Waals surface area (Å²) >= 11 is 6.69. The SMILES string of the molecule is BrCCc1[nH]ncc1Br. The fourth-order valence-corrected chi connectivity index (χ4v) is 1.35. The number of aromatic nitrogens is 2. The Hall–Kier alpha value is 0.170. The second-order valence-electron chi connectivity index (χ2n) is 1.64. The van der Waals surface area contributed by atoms with Gasteiger partial charge in [0.05, 0.1) is 16.4 Å². The summed E-state index contributed by atoms with van der Waals surface area (Å²) in [5, 5.41) is 7.69. The maximum atomic E-state index is 3.85. The quantitative estimate of drug-likeness (QED) is 0.804. The number of aryl methyl sites for hydroxylation is 1. The molecule has 9 heavy (non-hydrogen) atoms. The van der Waals surface area contributed by atoms with E-state index < -0.39 is 0 Å². The number of halogens is 2. The second kappa shape index (κ2) is 3.37. The molecule has 1 N–H and O–H groups in total. The molecule has 0 saturated carbocycles. The van der Waals surface area contributed by atoms with E-state index >= 15 is 0 Å². The Morgan fingerprint density at radius 3 is 2.89 bits per heavy atom. The van der Waals surface area contributed by atoms with Gasteiger partial charge in [0.15, 0.2) is 0 Å². The molecule has 0 aliphatic rings. The Morgan fingerprint density at radius 2 is 2.44 bits per heavy atom. The minimum atomic E-state index is 0.966. The van der Waals surface area contributed by atoms with Crippen LogP contribution in [0.5, 0.6) is 0 Å². The lowest BCUT2D eigenvalue weighted by Crippen LogP contribution is -1.85. The lowest BCUT2D eigenvalue weighted by atomic mass is 10.3. The standard InChI is InChI=1S/C5H6Br2N2/c6-2-1-5-4(7)3-8-9-5/h3H,1-2H2,(H,8,9). The third kappa shape index (κ3) is 1.79. The van der Waals surface area contributed by atoms with Crippen LogP contribution in [0.4, 0.5) is 0 Å². The van der Waals surface area contributed by atoms with Crippen LogP contribution < -0.4 is 0 Å². The first-order valence-corrected chi connectivity index (χ1v) is 4.49. The highest BCUT2D eigenvalue weighted by Crippen LogP contribution is 2.13. The van der Waals surface area contributed by atoms with Crippen molar-refractivity contribution in [3.05, 3.63) is 16.4 Å². The maximum absolute atomic E-state index is 3.85. The van der Waals surface area contributed by atoms with Crippen LogP contribution >= 0.6 is 31.9 Å². The Bertz CT molecular complexity index is 185. The number of rotatable bonds is 2. The van der Waals surface area contributed by atoms with Crippen molar-refractivity contribution in [2.75, 3.05) is 5.33 Å². The summed E-state index contributed by atoms with van der Waals surface area (Å²) in [5.41, 5.74) is 1.15. The van der Waals surface area contributed by atoms with Gasteiger partial charge in [0.1, 0.15) is 0 Å². The van der Waals surface area contributed by atoms with Gasteiger partial charge in [0.25, 0.3) is 0 Å². The molecule has 0 spiro atoms. The largest absolute Gasteiger partial charge is 0.281 e. The van der Waals surface area contributed by atoms with Gasteiger partial charge in [-0.05, 0) is 22.4 Å². The molecule has 1 aromatic heterocycles. The summed E-state index contributed by atoms with van der Waals surface area (Å²) < 4.78 is 1.06. The molecule has 1 aromatic rings. The third-order valence-corrected chi connectivity index (χ3v) is 2.09. The fraction of sp³-hybridized carbons (Fsp3) is 0.400. The van der Waals surface area contributed by atoms with E-state index in [0.717, 1.165) is 21.9 Å². The Balaban J connectivity index is 2.69. The Labute approximate surface area is 70.3 Å². The molecular weight excluding hydrogens is 248 g/mol. The van der Waals surface area contributed by atoms with E-state index in [1.165, 1.54) is 0 Å². The van der Waals surface area contributed by atoms with E-state index in [0.29, 0.717) is 0 Å². The molecule has 0 amide bonds. The van der Waals surface area contributed by atoms with Gasteiger partial charge < -0.3 is 0 Å². The number of nitrogens with one attached hydrogen (secondary N) is 1. The summed E-state index contributed by atoms with van der Waals surface area (Å²) in [6.07, 6.45) is 2.75. The van der Waals surface area contributed by atoms with E-state index in [1.807, 2.05) is 0 Å². The molecule has 0 atom stereocenters. The van der Waals surface area contributed by atoms with Crippen molar-refractivity contribution in [2.45, 2.75) is 6.42 Å². The zero-order valence-corrected chi connectivity index (χ0v) is 7.87. The van der Waals surface area contributed by atoms with Gasteiger partial charge in [-0.1, -0.05) is 15.9 Å². The van der Waals surface area contributed by atoms with Crippen molar-refractivity contribution in [2.24, 2.45) is 0 Å². The number of hydrogen-bond donors (Lipinski definition) is 1. The summed E-state index contributed by atoms with van der Waals surface area (Å²) in [6, 6.07) is 0. The minimum Gasteiger partial charge on any atom is -0.281 e. The first kappa shape index (κ1) is 7.28. The van der Waals surface area contributed by atoms with Crippen LogP contribution in [0.1, 0.15) is 5.69 Å². The number of nitrogens with zero attached hydrogens (tertiary/aromatic N) is 1. The van der Waals surface area contributed by atoms with Crippen molar-refractivity contribution in [3.63, 3.8) is 0 Å². The van der Waals surface area contributed by atoms with Crippen molar-refractivity contribution >= 4 is 31.9 Å². The smallest absolute Gasteiger partial charge is 0.0632 e. The van der Waals surface area contributed by atoms with Crippen LogP contribution in [0.25, 0.3) is 0 Å². The van der Waals surface area contributed by atoms with Gasteiger partial charge in [-0.3, -0.25) is 5.10 Å². The average Bonchev–Trinajstić information content (AvgIpc) is 2.18. The molecule has 0 radical (unpaired) electrons. The van der Waals surface area contributed by atoms with Gasteiger partial charge in [-0.15, -0.1) is 0 Å². The van der Waals surface area contributed by atoms with Gasteiger partial charge in [0.2, 0.25) is 0 Å². The molecule has 1 heterocycles. The summed E-state index contributed by atoms with van der Waals surface area (Å²) in [4.78, 5) is 0. The van der Waals surface area contributed by atoms with Crippen LogP contribution in [0, 0.1) is 0 Å². The molecule has 0 saturated heterocycles. The Kier molecular flexibility index (Phi) is 2.72. The summed E-state index contributed by atoms with van der Waals surface area (Å²) in [5.74, 6) is 0. The predicted octanol–water partition coefficient (Wildman–Crippen LogP) is 2.11. The van der Waals surface area contributed by atoms with E-state index in [2.05, 4.69) is 42.1 Å². The van der Waals surface area contributed by atoms with E-state index in [-0.39, 0.29) is 0 Å². The number of H-pyrrole nitrogens is 1. The second-order valence-corrected chi connectivity index (χ2v) is 3.28. The topological polar surface area (TPSA) is 28.7 Å². The van der Waals surface area contributed by atoms with Crippen LogP contribution in [-0.4, -0.2) is 15.5 Å². The fourth-order valence-electron chi connectivity index (χ4n) is 0.568. The van der Waals surface area contributed by atoms with Gasteiger partial charge in [0, 0.05) is 5.33 Å². The normalized spacial score (nSPS) is 10.0.